The molecule has 0 aliphatic carbocycles. The number of hydrogen-bond donors (Lipinski definition) is 0. The number of anilines is 1. The monoisotopic (exact) mass is 368 g/mol. The molecule has 1 amide bonds. The molecule has 2 saturated heterocycles. The van der Waals surface area contributed by atoms with Crippen molar-refractivity contribution in [2.45, 2.75) is 52.1 Å². The zero-order valence-electron chi connectivity index (χ0n) is 16.4. The van der Waals surface area contributed by atoms with Gasteiger partial charge in [0.2, 0.25) is 0 Å². The molecule has 0 spiro atoms. The smallest absolute Gasteiger partial charge is 0.257 e. The van der Waals surface area contributed by atoms with E-state index in [2.05, 4.69) is 38.7 Å². The van der Waals surface area contributed by atoms with Crippen LogP contribution >= 0.6 is 0 Å². The van der Waals surface area contributed by atoms with Crippen molar-refractivity contribution in [2.24, 2.45) is 5.92 Å². The summed E-state index contributed by atoms with van der Waals surface area (Å²) in [7, 11) is 0. The average Bonchev–Trinajstić information content (AvgIpc) is 3.17. The van der Waals surface area contributed by atoms with Crippen molar-refractivity contribution in [2.75, 3.05) is 24.5 Å². The molecule has 4 rings (SSSR count). The topological polar surface area (TPSA) is 67.2 Å². The SMILES string of the molecule is Cc1cc(N2CCC3C(CCCN3C(=O)c3cnn(C(C)C)c3)C2)ncn1. The number of carbonyl (C=O) groups is 1. The predicted octanol–water partition coefficient (Wildman–Crippen LogP) is 2.69. The van der Waals surface area contributed by atoms with Crippen molar-refractivity contribution >= 4 is 11.7 Å². The highest BCUT2D eigenvalue weighted by Gasteiger charge is 2.39. The summed E-state index contributed by atoms with van der Waals surface area (Å²) >= 11 is 0. The molecule has 2 aromatic heterocycles. The number of rotatable bonds is 3. The summed E-state index contributed by atoms with van der Waals surface area (Å²) in [6.45, 7) is 8.87. The van der Waals surface area contributed by atoms with Crippen molar-refractivity contribution in [3.63, 3.8) is 0 Å². The first-order valence-corrected chi connectivity index (χ1v) is 9.91. The number of nitrogens with zero attached hydrogens (tertiary/aromatic N) is 6. The molecule has 2 aromatic rings. The quantitative estimate of drug-likeness (QED) is 0.833. The number of aryl methyl sites for hydroxylation is 1. The number of piperidine rings is 2. The second-order valence-electron chi connectivity index (χ2n) is 8.02. The Morgan fingerprint density at radius 2 is 2.07 bits per heavy atom. The average molecular weight is 368 g/mol. The van der Waals surface area contributed by atoms with Crippen LogP contribution < -0.4 is 4.90 Å². The molecule has 0 radical (unpaired) electrons. The summed E-state index contributed by atoms with van der Waals surface area (Å²) in [6.07, 6.45) is 8.44. The maximum absolute atomic E-state index is 13.1. The fourth-order valence-electron chi connectivity index (χ4n) is 4.37. The van der Waals surface area contributed by atoms with Crippen molar-refractivity contribution in [3.8, 4) is 0 Å². The van der Waals surface area contributed by atoms with Crippen LogP contribution in [0, 0.1) is 12.8 Å². The minimum absolute atomic E-state index is 0.128. The van der Waals surface area contributed by atoms with E-state index in [4.69, 9.17) is 0 Å². The molecule has 4 heterocycles. The normalized spacial score (nSPS) is 22.8. The Labute approximate surface area is 160 Å². The van der Waals surface area contributed by atoms with E-state index >= 15 is 0 Å². The van der Waals surface area contributed by atoms with Gasteiger partial charge in [-0.1, -0.05) is 0 Å². The lowest BCUT2D eigenvalue weighted by atomic mass is 9.83. The van der Waals surface area contributed by atoms with E-state index in [0.29, 0.717) is 17.5 Å². The first kappa shape index (κ1) is 17.9. The molecule has 144 valence electrons. The molecule has 2 atom stereocenters. The molecule has 2 fully saturated rings. The van der Waals surface area contributed by atoms with Crippen LogP contribution in [0.15, 0.2) is 24.8 Å². The van der Waals surface area contributed by atoms with Crippen LogP contribution in [-0.2, 0) is 0 Å². The zero-order chi connectivity index (χ0) is 19.0. The van der Waals surface area contributed by atoms with Crippen LogP contribution in [0.1, 0.15) is 55.2 Å². The van der Waals surface area contributed by atoms with Crippen LogP contribution in [0.2, 0.25) is 0 Å². The Morgan fingerprint density at radius 1 is 1.22 bits per heavy atom. The highest BCUT2D eigenvalue weighted by molar-refractivity contribution is 5.94. The third kappa shape index (κ3) is 3.55. The van der Waals surface area contributed by atoms with Crippen LogP contribution in [0.4, 0.5) is 5.82 Å². The van der Waals surface area contributed by atoms with Gasteiger partial charge < -0.3 is 9.80 Å². The van der Waals surface area contributed by atoms with E-state index in [1.807, 2.05) is 23.9 Å². The third-order valence-corrected chi connectivity index (χ3v) is 5.82. The molecular weight excluding hydrogens is 340 g/mol. The van der Waals surface area contributed by atoms with E-state index in [9.17, 15) is 4.79 Å². The Kier molecular flexibility index (Phi) is 4.85. The zero-order valence-corrected chi connectivity index (χ0v) is 16.4. The summed E-state index contributed by atoms with van der Waals surface area (Å²) in [6, 6.07) is 2.62. The van der Waals surface area contributed by atoms with Gasteiger partial charge in [-0.05, 0) is 46.0 Å². The Morgan fingerprint density at radius 3 is 2.81 bits per heavy atom. The van der Waals surface area contributed by atoms with Crippen LogP contribution in [0.3, 0.4) is 0 Å². The highest BCUT2D eigenvalue weighted by atomic mass is 16.2. The molecule has 0 saturated carbocycles. The van der Waals surface area contributed by atoms with Crippen LogP contribution in [0.25, 0.3) is 0 Å². The second kappa shape index (κ2) is 7.29. The summed E-state index contributed by atoms with van der Waals surface area (Å²) in [5.74, 6) is 1.62. The molecule has 0 bridgehead atoms. The lowest BCUT2D eigenvalue weighted by Gasteiger charge is -2.47. The molecule has 27 heavy (non-hydrogen) atoms. The molecule has 0 N–H and O–H groups in total. The number of fused-ring (bicyclic) bond motifs is 1. The number of hydrogen-bond acceptors (Lipinski definition) is 5. The first-order chi connectivity index (χ1) is 13.0. The van der Waals surface area contributed by atoms with E-state index < -0.39 is 0 Å². The molecular formula is C20H28N6O. The Hall–Kier alpha value is -2.44. The second-order valence-corrected chi connectivity index (χ2v) is 8.02. The fourth-order valence-corrected chi connectivity index (χ4v) is 4.37. The largest absolute Gasteiger partial charge is 0.356 e. The molecule has 7 heteroatoms. The van der Waals surface area contributed by atoms with Crippen molar-refractivity contribution in [3.05, 3.63) is 36.0 Å². The Balaban J connectivity index is 1.48. The van der Waals surface area contributed by atoms with Gasteiger partial charge in [-0.15, -0.1) is 0 Å². The lowest BCUT2D eigenvalue weighted by Crippen LogP contribution is -2.56. The van der Waals surface area contributed by atoms with Gasteiger partial charge in [-0.2, -0.15) is 5.10 Å². The summed E-state index contributed by atoms with van der Waals surface area (Å²) in [5, 5.41) is 4.34. The van der Waals surface area contributed by atoms with Gasteiger partial charge >= 0.3 is 0 Å². The number of likely N-dealkylation sites (tertiary alicyclic amines) is 1. The summed E-state index contributed by atoms with van der Waals surface area (Å²) in [4.78, 5) is 26.2. The van der Waals surface area contributed by atoms with Gasteiger partial charge in [0.1, 0.15) is 12.1 Å². The van der Waals surface area contributed by atoms with Gasteiger partial charge in [0.05, 0.1) is 11.8 Å². The van der Waals surface area contributed by atoms with Gasteiger partial charge in [0, 0.05) is 49.7 Å². The van der Waals surface area contributed by atoms with Gasteiger partial charge in [-0.3, -0.25) is 9.48 Å². The van der Waals surface area contributed by atoms with E-state index in [0.717, 1.165) is 44.0 Å². The maximum Gasteiger partial charge on any atom is 0.257 e. The number of amides is 1. The third-order valence-electron chi connectivity index (χ3n) is 5.82. The van der Waals surface area contributed by atoms with Gasteiger partial charge in [-0.25, -0.2) is 9.97 Å². The standard InChI is InChI=1S/C20H28N6O/c1-14(2)26-12-17(10-23-26)20(27)25-7-4-5-16-11-24(8-6-18(16)25)19-9-15(3)21-13-22-19/h9-10,12-14,16,18H,4-8,11H2,1-3H3. The van der Waals surface area contributed by atoms with Crippen molar-refractivity contribution in [1.82, 2.24) is 24.6 Å². The first-order valence-electron chi connectivity index (χ1n) is 9.91. The summed E-state index contributed by atoms with van der Waals surface area (Å²) < 4.78 is 1.86. The highest BCUT2D eigenvalue weighted by Crippen LogP contribution is 2.33. The minimum atomic E-state index is 0.128. The van der Waals surface area contributed by atoms with Crippen molar-refractivity contribution < 1.29 is 4.79 Å². The van der Waals surface area contributed by atoms with E-state index in [1.165, 1.54) is 6.42 Å². The molecule has 2 aliphatic heterocycles. The van der Waals surface area contributed by atoms with Crippen LogP contribution in [-0.4, -0.2) is 56.2 Å². The Bertz CT molecular complexity index is 816. The molecule has 7 nitrogen and oxygen atoms in total. The molecule has 2 aliphatic rings. The molecule has 2 unspecified atom stereocenters. The van der Waals surface area contributed by atoms with Crippen LogP contribution in [0.5, 0.6) is 0 Å². The maximum atomic E-state index is 13.1. The van der Waals surface area contributed by atoms with Gasteiger partial charge in [0.15, 0.2) is 0 Å². The van der Waals surface area contributed by atoms with Gasteiger partial charge in [0.25, 0.3) is 5.91 Å². The minimum Gasteiger partial charge on any atom is -0.356 e. The number of aromatic nitrogens is 4. The van der Waals surface area contributed by atoms with E-state index in [-0.39, 0.29) is 11.9 Å². The fraction of sp³-hybridized carbons (Fsp3) is 0.600. The van der Waals surface area contributed by atoms with E-state index in [1.54, 1.807) is 12.5 Å². The van der Waals surface area contributed by atoms with Crippen molar-refractivity contribution in [1.29, 1.82) is 0 Å². The number of carbonyl (C=O) groups excluding carboxylic acids is 1. The predicted molar refractivity (Wildman–Crippen MR) is 104 cm³/mol. The lowest BCUT2D eigenvalue weighted by molar-refractivity contribution is 0.0448. The molecule has 0 aromatic carbocycles. The summed E-state index contributed by atoms with van der Waals surface area (Å²) in [5.41, 5.74) is 1.70.